The molecule has 0 aliphatic rings. The average Bonchev–Trinajstić information content (AvgIpc) is 2.69. The minimum Gasteiger partial charge on any atom is -0.349 e. The largest absolute Gasteiger partial charge is 0.349 e. The average molecular weight is 227 g/mol. The first-order valence-electron chi connectivity index (χ1n) is 5.68. The van der Waals surface area contributed by atoms with Crippen molar-refractivity contribution in [3.63, 3.8) is 0 Å². The van der Waals surface area contributed by atoms with Crippen LogP contribution in [0.5, 0.6) is 0 Å². The number of rotatable bonds is 1. The van der Waals surface area contributed by atoms with Crippen LogP contribution in [0.3, 0.4) is 0 Å². The standard InChI is InChI=1S/C13H13N3O/c1-3-16-7-14-11-9-6-8(2)4-5-10(9)15-12(11)13(16)17/h4-7,15H,3H2,1-2H3. The molecule has 4 nitrogen and oxygen atoms in total. The molecule has 0 saturated carbocycles. The van der Waals surface area contributed by atoms with Gasteiger partial charge in [-0.05, 0) is 26.0 Å². The predicted octanol–water partition coefficient (Wildman–Crippen LogP) is 2.21. The van der Waals surface area contributed by atoms with Crippen LogP contribution in [0.2, 0.25) is 0 Å². The zero-order valence-corrected chi connectivity index (χ0v) is 9.82. The van der Waals surface area contributed by atoms with Gasteiger partial charge in [0.15, 0.2) is 0 Å². The second-order valence-corrected chi connectivity index (χ2v) is 4.23. The number of nitrogens with one attached hydrogen (secondary N) is 1. The Morgan fingerprint density at radius 1 is 1.41 bits per heavy atom. The third-order valence-electron chi connectivity index (χ3n) is 3.07. The molecule has 0 spiro atoms. The van der Waals surface area contributed by atoms with Crippen molar-refractivity contribution in [2.45, 2.75) is 20.4 Å². The van der Waals surface area contributed by atoms with E-state index in [-0.39, 0.29) is 5.56 Å². The summed E-state index contributed by atoms with van der Waals surface area (Å²) in [6, 6.07) is 6.06. The Morgan fingerprint density at radius 3 is 3.00 bits per heavy atom. The first-order valence-corrected chi connectivity index (χ1v) is 5.68. The second kappa shape index (κ2) is 3.45. The molecule has 1 aromatic carbocycles. The van der Waals surface area contributed by atoms with E-state index in [4.69, 9.17) is 0 Å². The maximum Gasteiger partial charge on any atom is 0.277 e. The molecule has 0 radical (unpaired) electrons. The summed E-state index contributed by atoms with van der Waals surface area (Å²) in [5.74, 6) is 0. The first kappa shape index (κ1) is 10.1. The van der Waals surface area contributed by atoms with Gasteiger partial charge in [0.2, 0.25) is 0 Å². The molecular weight excluding hydrogens is 214 g/mol. The number of aromatic amines is 1. The summed E-state index contributed by atoms with van der Waals surface area (Å²) in [7, 11) is 0. The van der Waals surface area contributed by atoms with Crippen molar-refractivity contribution >= 4 is 21.9 Å². The lowest BCUT2D eigenvalue weighted by molar-refractivity contribution is 0.716. The van der Waals surface area contributed by atoms with Gasteiger partial charge in [0.25, 0.3) is 5.56 Å². The normalized spacial score (nSPS) is 11.4. The fourth-order valence-electron chi connectivity index (χ4n) is 2.13. The van der Waals surface area contributed by atoms with Gasteiger partial charge in [0.1, 0.15) is 11.0 Å². The van der Waals surface area contributed by atoms with E-state index in [2.05, 4.69) is 16.0 Å². The molecule has 2 aromatic heterocycles. The molecule has 86 valence electrons. The van der Waals surface area contributed by atoms with Crippen molar-refractivity contribution in [3.8, 4) is 0 Å². The van der Waals surface area contributed by atoms with E-state index >= 15 is 0 Å². The molecule has 0 saturated heterocycles. The number of benzene rings is 1. The van der Waals surface area contributed by atoms with E-state index in [1.807, 2.05) is 26.0 Å². The number of H-pyrrole nitrogens is 1. The highest BCUT2D eigenvalue weighted by Gasteiger charge is 2.09. The predicted molar refractivity (Wildman–Crippen MR) is 68.3 cm³/mol. The van der Waals surface area contributed by atoms with Gasteiger partial charge in [-0.25, -0.2) is 4.98 Å². The molecular formula is C13H13N3O. The van der Waals surface area contributed by atoms with Crippen LogP contribution in [0.1, 0.15) is 12.5 Å². The quantitative estimate of drug-likeness (QED) is 0.693. The van der Waals surface area contributed by atoms with Gasteiger partial charge in [-0.2, -0.15) is 0 Å². The summed E-state index contributed by atoms with van der Waals surface area (Å²) in [4.78, 5) is 19.6. The van der Waals surface area contributed by atoms with Gasteiger partial charge in [-0.3, -0.25) is 9.36 Å². The van der Waals surface area contributed by atoms with Crippen molar-refractivity contribution in [2.75, 3.05) is 0 Å². The van der Waals surface area contributed by atoms with Crippen LogP contribution in [-0.2, 0) is 6.54 Å². The number of hydrogen-bond acceptors (Lipinski definition) is 2. The van der Waals surface area contributed by atoms with Crippen LogP contribution in [0.15, 0.2) is 29.3 Å². The molecule has 0 fully saturated rings. The molecule has 0 atom stereocenters. The molecule has 0 amide bonds. The first-order chi connectivity index (χ1) is 8.20. The minimum atomic E-state index is -0.00801. The van der Waals surface area contributed by atoms with Crippen LogP contribution < -0.4 is 5.56 Å². The highest BCUT2D eigenvalue weighted by Crippen LogP contribution is 2.22. The molecule has 1 N–H and O–H groups in total. The third-order valence-corrected chi connectivity index (χ3v) is 3.07. The lowest BCUT2D eigenvalue weighted by Crippen LogP contribution is -2.19. The Bertz CT molecular complexity index is 767. The smallest absolute Gasteiger partial charge is 0.277 e. The van der Waals surface area contributed by atoms with Crippen molar-refractivity contribution in [3.05, 3.63) is 40.4 Å². The Balaban J connectivity index is 2.52. The molecule has 0 unspecified atom stereocenters. The maximum atomic E-state index is 12.1. The third kappa shape index (κ3) is 1.37. The second-order valence-electron chi connectivity index (χ2n) is 4.23. The fourth-order valence-corrected chi connectivity index (χ4v) is 2.13. The van der Waals surface area contributed by atoms with Crippen molar-refractivity contribution in [2.24, 2.45) is 0 Å². The van der Waals surface area contributed by atoms with E-state index in [0.29, 0.717) is 12.1 Å². The van der Waals surface area contributed by atoms with Crippen molar-refractivity contribution in [1.82, 2.24) is 14.5 Å². The highest BCUT2D eigenvalue weighted by atomic mass is 16.1. The Hall–Kier alpha value is -2.10. The van der Waals surface area contributed by atoms with Gasteiger partial charge >= 0.3 is 0 Å². The summed E-state index contributed by atoms with van der Waals surface area (Å²) in [6.07, 6.45) is 1.61. The summed E-state index contributed by atoms with van der Waals surface area (Å²) in [6.45, 7) is 4.60. The number of hydrogen-bond donors (Lipinski definition) is 1. The Morgan fingerprint density at radius 2 is 2.24 bits per heavy atom. The van der Waals surface area contributed by atoms with E-state index in [9.17, 15) is 4.79 Å². The lowest BCUT2D eigenvalue weighted by atomic mass is 10.2. The lowest BCUT2D eigenvalue weighted by Gasteiger charge is -1.99. The minimum absolute atomic E-state index is 0.00801. The van der Waals surface area contributed by atoms with Crippen molar-refractivity contribution < 1.29 is 0 Å². The molecule has 2 heterocycles. The summed E-state index contributed by atoms with van der Waals surface area (Å²) < 4.78 is 1.60. The summed E-state index contributed by atoms with van der Waals surface area (Å²) in [5.41, 5.74) is 3.48. The van der Waals surface area contributed by atoms with E-state index < -0.39 is 0 Å². The monoisotopic (exact) mass is 227 g/mol. The Kier molecular flexibility index (Phi) is 2.04. The Labute approximate surface area is 97.9 Å². The topological polar surface area (TPSA) is 50.7 Å². The fraction of sp³-hybridized carbons (Fsp3) is 0.231. The SMILES string of the molecule is CCn1cnc2c([nH]c3ccc(C)cc32)c1=O. The van der Waals surface area contributed by atoms with E-state index in [0.717, 1.165) is 16.4 Å². The van der Waals surface area contributed by atoms with Gasteiger partial charge in [-0.15, -0.1) is 0 Å². The molecule has 0 aliphatic heterocycles. The van der Waals surface area contributed by atoms with Gasteiger partial charge < -0.3 is 4.98 Å². The van der Waals surface area contributed by atoms with Gasteiger partial charge in [0.05, 0.1) is 6.33 Å². The van der Waals surface area contributed by atoms with E-state index in [1.54, 1.807) is 10.9 Å². The van der Waals surface area contributed by atoms with Gasteiger partial charge in [0, 0.05) is 17.4 Å². The van der Waals surface area contributed by atoms with Crippen LogP contribution in [0.25, 0.3) is 21.9 Å². The maximum absolute atomic E-state index is 12.1. The van der Waals surface area contributed by atoms with E-state index in [1.165, 1.54) is 5.56 Å². The number of nitrogens with zero attached hydrogens (tertiary/aromatic N) is 2. The van der Waals surface area contributed by atoms with Crippen LogP contribution in [-0.4, -0.2) is 14.5 Å². The number of fused-ring (bicyclic) bond motifs is 3. The molecule has 4 heteroatoms. The molecule has 0 aliphatic carbocycles. The number of aryl methyl sites for hydroxylation is 2. The summed E-state index contributed by atoms with van der Waals surface area (Å²) in [5, 5.41) is 1.01. The van der Waals surface area contributed by atoms with Crippen molar-refractivity contribution in [1.29, 1.82) is 0 Å². The van der Waals surface area contributed by atoms with Crippen LogP contribution >= 0.6 is 0 Å². The molecule has 3 rings (SSSR count). The summed E-state index contributed by atoms with van der Waals surface area (Å²) >= 11 is 0. The number of aromatic nitrogens is 3. The molecule has 0 bridgehead atoms. The zero-order valence-electron chi connectivity index (χ0n) is 9.82. The highest BCUT2D eigenvalue weighted by molar-refractivity contribution is 6.04. The molecule has 17 heavy (non-hydrogen) atoms. The van der Waals surface area contributed by atoms with Gasteiger partial charge in [-0.1, -0.05) is 11.6 Å². The molecule has 3 aromatic rings. The van der Waals surface area contributed by atoms with Crippen LogP contribution in [0.4, 0.5) is 0 Å². The zero-order chi connectivity index (χ0) is 12.0. The van der Waals surface area contributed by atoms with Crippen LogP contribution in [0, 0.1) is 6.92 Å².